The summed E-state index contributed by atoms with van der Waals surface area (Å²) in [5.41, 5.74) is 3.00. The third-order valence-corrected chi connectivity index (χ3v) is 9.33. The summed E-state index contributed by atoms with van der Waals surface area (Å²) in [7, 11) is 6.79. The van der Waals surface area contributed by atoms with Crippen LogP contribution in [0.1, 0.15) is 121 Å². The summed E-state index contributed by atoms with van der Waals surface area (Å²) in [5, 5.41) is 4.50. The molecule has 0 bridgehead atoms. The number of ketones is 1. The smallest absolute Gasteiger partial charge is 0.467 e. The van der Waals surface area contributed by atoms with E-state index in [1.807, 2.05) is 52.8 Å². The fourth-order valence-electron chi connectivity index (χ4n) is 6.37. The summed E-state index contributed by atoms with van der Waals surface area (Å²) in [4.78, 5) is 61.8. The Hall–Kier alpha value is -5.18. The maximum atomic E-state index is 14.2. The Labute approximate surface area is 341 Å². The number of carbonyl (C=O) groups is 4. The first-order valence-electron chi connectivity index (χ1n) is 19.5. The fourth-order valence-corrected chi connectivity index (χ4v) is 6.37. The number of nitrogens with zero attached hydrogens (tertiary/aromatic N) is 2. The SMILES string of the molecule is COCOc1ccc(N(C)C)cc1C(=O)c1ccc(C(=O)O[C@@H]2CCCN(OC(=O)OC(C)(C)C)C[C@H]2NC(=O)c2cc(C(C)C)c(OCOC)c(C(C)C)c2)cc1. The minimum Gasteiger partial charge on any atom is -0.467 e. The number of ether oxygens (including phenoxy) is 6. The third kappa shape index (κ3) is 12.4. The van der Waals surface area contributed by atoms with Gasteiger partial charge in [0.2, 0.25) is 0 Å². The van der Waals surface area contributed by atoms with Crippen LogP contribution in [0.5, 0.6) is 11.5 Å². The molecule has 0 aliphatic carbocycles. The average molecular weight is 806 g/mol. The van der Waals surface area contributed by atoms with Gasteiger partial charge in [0.15, 0.2) is 19.4 Å². The topological polar surface area (TPSA) is 151 Å². The lowest BCUT2D eigenvalue weighted by Crippen LogP contribution is -2.50. The van der Waals surface area contributed by atoms with Gasteiger partial charge in [0, 0.05) is 51.7 Å². The molecule has 1 fully saturated rings. The first-order chi connectivity index (χ1) is 27.4. The molecule has 14 heteroatoms. The molecule has 1 heterocycles. The van der Waals surface area contributed by atoms with E-state index in [0.717, 1.165) is 16.8 Å². The molecular weight excluding hydrogens is 746 g/mol. The number of rotatable bonds is 16. The van der Waals surface area contributed by atoms with E-state index in [4.69, 9.17) is 33.3 Å². The Balaban J connectivity index is 1.62. The number of nitrogens with one attached hydrogen (secondary N) is 1. The van der Waals surface area contributed by atoms with Gasteiger partial charge in [0.1, 0.15) is 23.2 Å². The summed E-state index contributed by atoms with van der Waals surface area (Å²) in [6.07, 6.45) is -0.867. The van der Waals surface area contributed by atoms with Crippen molar-refractivity contribution >= 4 is 29.5 Å². The number of benzene rings is 3. The van der Waals surface area contributed by atoms with Crippen LogP contribution in [0.4, 0.5) is 10.5 Å². The van der Waals surface area contributed by atoms with E-state index in [1.165, 1.54) is 24.3 Å². The summed E-state index contributed by atoms with van der Waals surface area (Å²) < 4.78 is 33.4. The zero-order valence-corrected chi connectivity index (χ0v) is 35.6. The van der Waals surface area contributed by atoms with Gasteiger partial charge >= 0.3 is 12.1 Å². The number of anilines is 1. The molecule has 0 unspecified atom stereocenters. The minimum absolute atomic E-state index is 0.0129. The van der Waals surface area contributed by atoms with Crippen molar-refractivity contribution < 1.29 is 52.4 Å². The van der Waals surface area contributed by atoms with Gasteiger partial charge in [-0.1, -0.05) is 39.8 Å². The van der Waals surface area contributed by atoms with Crippen LogP contribution < -0.4 is 19.7 Å². The van der Waals surface area contributed by atoms with Crippen LogP contribution in [-0.2, 0) is 23.8 Å². The molecular formula is C44H59N3O11. The first kappa shape index (κ1) is 45.5. The van der Waals surface area contributed by atoms with Crippen molar-refractivity contribution in [3.63, 3.8) is 0 Å². The molecule has 1 amide bonds. The molecule has 4 rings (SSSR count). The van der Waals surface area contributed by atoms with Crippen molar-refractivity contribution in [2.75, 3.05) is 59.9 Å². The summed E-state index contributed by atoms with van der Waals surface area (Å²) in [6, 6.07) is 14.3. The average Bonchev–Trinajstić information content (AvgIpc) is 3.34. The number of hydrogen-bond donors (Lipinski definition) is 1. The van der Waals surface area contributed by atoms with E-state index in [-0.39, 0.29) is 43.3 Å². The molecule has 2 atom stereocenters. The lowest BCUT2D eigenvalue weighted by atomic mass is 9.91. The van der Waals surface area contributed by atoms with Crippen LogP contribution in [-0.4, -0.2) is 102 Å². The zero-order chi connectivity index (χ0) is 42.7. The Morgan fingerprint density at radius 2 is 1.43 bits per heavy atom. The van der Waals surface area contributed by atoms with Crippen LogP contribution in [0.25, 0.3) is 0 Å². The van der Waals surface area contributed by atoms with Crippen LogP contribution in [0, 0.1) is 0 Å². The van der Waals surface area contributed by atoms with Crippen molar-refractivity contribution in [2.24, 2.45) is 0 Å². The second-order valence-corrected chi connectivity index (χ2v) is 16.0. The minimum atomic E-state index is -0.886. The monoisotopic (exact) mass is 805 g/mol. The number of hydrogen-bond acceptors (Lipinski definition) is 13. The molecule has 0 spiro atoms. The Kier molecular flexibility index (Phi) is 16.1. The number of esters is 1. The second kappa shape index (κ2) is 20.5. The number of amides is 1. The number of hydroxylamine groups is 2. The van der Waals surface area contributed by atoms with Gasteiger partial charge in [-0.2, -0.15) is 0 Å². The highest BCUT2D eigenvalue weighted by molar-refractivity contribution is 6.11. The Morgan fingerprint density at radius 1 is 0.828 bits per heavy atom. The molecule has 3 aromatic carbocycles. The van der Waals surface area contributed by atoms with Gasteiger partial charge < -0.3 is 43.5 Å². The molecule has 1 aliphatic rings. The van der Waals surface area contributed by atoms with E-state index in [1.54, 1.807) is 64.3 Å². The summed E-state index contributed by atoms with van der Waals surface area (Å²) in [6.45, 7) is 13.6. The fraction of sp³-hybridized carbons (Fsp3) is 0.500. The third-order valence-electron chi connectivity index (χ3n) is 9.33. The highest BCUT2D eigenvalue weighted by Crippen LogP contribution is 2.36. The Morgan fingerprint density at radius 3 is 2.00 bits per heavy atom. The molecule has 316 valence electrons. The lowest BCUT2D eigenvalue weighted by molar-refractivity contribution is -0.144. The molecule has 1 saturated heterocycles. The second-order valence-electron chi connectivity index (χ2n) is 16.0. The molecule has 0 aromatic heterocycles. The van der Waals surface area contributed by atoms with E-state index in [0.29, 0.717) is 47.6 Å². The highest BCUT2D eigenvalue weighted by atomic mass is 16.8. The predicted molar refractivity (Wildman–Crippen MR) is 219 cm³/mol. The van der Waals surface area contributed by atoms with Crippen molar-refractivity contribution in [2.45, 2.75) is 90.9 Å². The molecule has 3 aromatic rings. The van der Waals surface area contributed by atoms with Gasteiger partial charge in [-0.25, -0.2) is 9.59 Å². The maximum Gasteiger partial charge on any atom is 0.528 e. The largest absolute Gasteiger partial charge is 0.528 e. The van der Waals surface area contributed by atoms with Crippen LogP contribution in [0.3, 0.4) is 0 Å². The van der Waals surface area contributed by atoms with E-state index >= 15 is 0 Å². The molecule has 58 heavy (non-hydrogen) atoms. The lowest BCUT2D eigenvalue weighted by Gasteiger charge is -2.29. The van der Waals surface area contributed by atoms with Crippen LogP contribution in [0.15, 0.2) is 54.6 Å². The summed E-state index contributed by atoms with van der Waals surface area (Å²) >= 11 is 0. The molecule has 1 aliphatic heterocycles. The quantitative estimate of drug-likeness (QED) is 0.0866. The van der Waals surface area contributed by atoms with Gasteiger partial charge in [-0.3, -0.25) is 9.59 Å². The van der Waals surface area contributed by atoms with E-state index < -0.39 is 35.8 Å². The summed E-state index contributed by atoms with van der Waals surface area (Å²) in [5.74, 6) is -0.255. The maximum absolute atomic E-state index is 14.2. The highest BCUT2D eigenvalue weighted by Gasteiger charge is 2.35. The van der Waals surface area contributed by atoms with Crippen molar-refractivity contribution in [3.05, 3.63) is 88.0 Å². The van der Waals surface area contributed by atoms with Gasteiger partial charge in [0.05, 0.1) is 23.7 Å². The predicted octanol–water partition coefficient (Wildman–Crippen LogP) is 7.48. The first-order valence-corrected chi connectivity index (χ1v) is 19.5. The molecule has 0 saturated carbocycles. The molecule has 0 radical (unpaired) electrons. The van der Waals surface area contributed by atoms with E-state index in [2.05, 4.69) is 5.32 Å². The number of methoxy groups -OCH3 is 2. The molecule has 1 N–H and O–H groups in total. The zero-order valence-electron chi connectivity index (χ0n) is 35.6. The van der Waals surface area contributed by atoms with Crippen molar-refractivity contribution in [1.82, 2.24) is 10.4 Å². The van der Waals surface area contributed by atoms with Gasteiger partial charge in [-0.15, -0.1) is 5.06 Å². The van der Waals surface area contributed by atoms with Crippen molar-refractivity contribution in [1.29, 1.82) is 0 Å². The van der Waals surface area contributed by atoms with E-state index in [9.17, 15) is 19.2 Å². The Bertz CT molecular complexity index is 1860. The number of carbonyl (C=O) groups excluding carboxylic acids is 4. The van der Waals surface area contributed by atoms with Crippen LogP contribution >= 0.6 is 0 Å². The normalized spacial score (nSPS) is 16.0. The standard InChI is InChI=1S/C44H59N3O11/c1-27(2)33-21-31(22-34(28(3)4)40(33)55-26-53-11)41(49)45-36-24-47(58-43(51)57-44(5,6)7)20-12-13-38(36)56-42(50)30-16-14-29(15-17-30)39(48)35-23-32(46(8)9)18-19-37(35)54-25-52-10/h14-19,21-23,27-28,36,38H,12-13,20,24-26H2,1-11H3,(H,45,49)/t36-,38-/m1/s1. The van der Waals surface area contributed by atoms with Gasteiger partial charge in [0.25, 0.3) is 5.91 Å². The van der Waals surface area contributed by atoms with Crippen LogP contribution in [0.2, 0.25) is 0 Å². The molecule has 14 nitrogen and oxygen atoms in total. The van der Waals surface area contributed by atoms with Gasteiger partial charge in [-0.05, 0) is 99.0 Å². The van der Waals surface area contributed by atoms with Crippen molar-refractivity contribution in [3.8, 4) is 11.5 Å².